The van der Waals surface area contributed by atoms with Gasteiger partial charge in [0, 0.05) is 46.2 Å². The van der Waals surface area contributed by atoms with Crippen LogP contribution in [0.3, 0.4) is 0 Å². The van der Waals surface area contributed by atoms with Crippen molar-refractivity contribution in [2.24, 2.45) is 5.92 Å². The maximum Gasteiger partial charge on any atom is 0.500 e. The van der Waals surface area contributed by atoms with Crippen LogP contribution in [0.1, 0.15) is 13.3 Å². The van der Waals surface area contributed by atoms with Gasteiger partial charge in [-0.2, -0.15) is 0 Å². The minimum Gasteiger partial charge on any atom is -0.520 e. The fraction of sp³-hybridized carbons (Fsp3) is 0.632. The lowest BCUT2D eigenvalue weighted by Crippen LogP contribution is -2.43. The largest absolute Gasteiger partial charge is 0.520 e. The van der Waals surface area contributed by atoms with E-state index >= 15 is 0 Å². The van der Waals surface area contributed by atoms with Gasteiger partial charge in [-0.15, -0.1) is 0 Å². The molecule has 0 spiro atoms. The molecule has 0 saturated carbocycles. The lowest BCUT2D eigenvalue weighted by atomic mass is 10.1. The van der Waals surface area contributed by atoms with E-state index in [2.05, 4.69) is 17.0 Å². The van der Waals surface area contributed by atoms with Crippen LogP contribution in [0.25, 0.3) is 0 Å². The van der Waals surface area contributed by atoms with Crippen LogP contribution in [-0.4, -0.2) is 57.5 Å². The molecule has 0 heterocycles. The summed E-state index contributed by atoms with van der Waals surface area (Å²) in [6.07, 6.45) is 0.840. The van der Waals surface area contributed by atoms with Crippen molar-refractivity contribution in [3.8, 4) is 0 Å². The smallest absolute Gasteiger partial charge is 0.500 e. The molecule has 154 valence electrons. The van der Waals surface area contributed by atoms with E-state index in [-0.39, 0.29) is 11.9 Å². The zero-order valence-corrected chi connectivity index (χ0v) is 19.8. The van der Waals surface area contributed by atoms with Crippen LogP contribution in [0.5, 0.6) is 0 Å². The zero-order chi connectivity index (χ0) is 20.5. The third-order valence-corrected chi connectivity index (χ3v) is 7.91. The molecule has 1 aromatic carbocycles. The maximum atomic E-state index is 12.4. The van der Waals surface area contributed by atoms with Crippen molar-refractivity contribution in [3.63, 3.8) is 0 Å². The Morgan fingerprint density at radius 1 is 1.04 bits per heavy atom. The van der Waals surface area contributed by atoms with Gasteiger partial charge in [-0.1, -0.05) is 25.1 Å². The van der Waals surface area contributed by atoms with Gasteiger partial charge in [0.25, 0.3) is 5.97 Å². The number of hydrogen-bond acceptors (Lipinski definition) is 6. The number of benzene rings is 1. The minimum atomic E-state index is -2.59. The molecule has 0 aliphatic carbocycles. The fourth-order valence-electron chi connectivity index (χ4n) is 2.81. The molecule has 1 atom stereocenters. The van der Waals surface area contributed by atoms with Crippen LogP contribution in [0.2, 0.25) is 25.7 Å². The van der Waals surface area contributed by atoms with Gasteiger partial charge in [0.2, 0.25) is 8.32 Å². The van der Waals surface area contributed by atoms with Crippen LogP contribution < -0.4 is 4.90 Å². The van der Waals surface area contributed by atoms with Crippen LogP contribution in [0, 0.1) is 5.92 Å². The van der Waals surface area contributed by atoms with Gasteiger partial charge in [-0.05, 0) is 38.2 Å². The number of rotatable bonds is 12. The average molecular weight is 414 g/mol. The van der Waals surface area contributed by atoms with E-state index in [1.807, 2.05) is 44.8 Å². The van der Waals surface area contributed by atoms with E-state index < -0.39 is 17.1 Å². The van der Waals surface area contributed by atoms with Crippen molar-refractivity contribution < 1.29 is 22.5 Å². The van der Waals surface area contributed by atoms with Crippen molar-refractivity contribution >= 4 is 28.8 Å². The summed E-state index contributed by atoms with van der Waals surface area (Å²) in [6.45, 7) is 9.39. The quantitative estimate of drug-likeness (QED) is 0.486. The van der Waals surface area contributed by atoms with Crippen molar-refractivity contribution in [3.05, 3.63) is 30.3 Å². The molecule has 0 radical (unpaired) electrons. The second-order valence-electron chi connectivity index (χ2n) is 7.62. The Balaban J connectivity index is 2.79. The van der Waals surface area contributed by atoms with E-state index in [0.717, 1.165) is 18.7 Å². The molecule has 8 heteroatoms. The first-order valence-electron chi connectivity index (χ1n) is 9.34. The number of hydrogen-bond donors (Lipinski definition) is 0. The highest BCUT2D eigenvalue weighted by molar-refractivity contribution is 6.71. The van der Waals surface area contributed by atoms with E-state index in [4.69, 9.17) is 17.7 Å². The molecule has 1 unspecified atom stereocenters. The predicted molar refractivity (Wildman–Crippen MR) is 113 cm³/mol. The normalized spacial score (nSPS) is 13.3. The van der Waals surface area contributed by atoms with Gasteiger partial charge < -0.3 is 22.6 Å². The summed E-state index contributed by atoms with van der Waals surface area (Å²) in [5.74, 6) is -0.323. The van der Waals surface area contributed by atoms with E-state index in [1.165, 1.54) is 0 Å². The summed E-state index contributed by atoms with van der Waals surface area (Å²) in [5.41, 5.74) is 1.09. The minimum absolute atomic E-state index is 0.121. The van der Waals surface area contributed by atoms with Gasteiger partial charge in [0.1, 0.15) is 0 Å². The monoisotopic (exact) mass is 413 g/mol. The molecule has 0 aliphatic rings. The second-order valence-corrected chi connectivity index (χ2v) is 15.1. The summed E-state index contributed by atoms with van der Waals surface area (Å²) in [6, 6.07) is 10.8. The Kier molecular flexibility index (Phi) is 9.68. The highest BCUT2D eigenvalue weighted by Gasteiger charge is 2.37. The Morgan fingerprint density at radius 2 is 1.59 bits per heavy atom. The van der Waals surface area contributed by atoms with Gasteiger partial charge >= 0.3 is 8.80 Å². The van der Waals surface area contributed by atoms with Gasteiger partial charge in [0.15, 0.2) is 0 Å². The van der Waals surface area contributed by atoms with E-state index in [0.29, 0.717) is 12.6 Å². The van der Waals surface area contributed by atoms with Gasteiger partial charge in [-0.25, -0.2) is 0 Å². The van der Waals surface area contributed by atoms with Crippen molar-refractivity contribution in [2.45, 2.75) is 39.0 Å². The lowest BCUT2D eigenvalue weighted by Gasteiger charge is -2.30. The van der Waals surface area contributed by atoms with E-state index in [1.54, 1.807) is 21.3 Å². The molecule has 0 N–H and O–H groups in total. The number of nitrogens with zero attached hydrogens (tertiary/aromatic N) is 1. The molecular weight excluding hydrogens is 378 g/mol. The molecule has 0 fully saturated rings. The Bertz CT molecular complexity index is 553. The predicted octanol–water partition coefficient (Wildman–Crippen LogP) is 3.78. The lowest BCUT2D eigenvalue weighted by molar-refractivity contribution is -0.138. The molecule has 0 aromatic heterocycles. The molecule has 1 aromatic rings. The van der Waals surface area contributed by atoms with Crippen LogP contribution in [0.15, 0.2) is 30.3 Å². The van der Waals surface area contributed by atoms with Crippen LogP contribution >= 0.6 is 0 Å². The first-order valence-corrected chi connectivity index (χ1v) is 14.7. The highest BCUT2D eigenvalue weighted by Crippen LogP contribution is 2.20. The SMILES string of the molecule is CO[Si](CCCN(CC(C)C(=O)O[Si](C)(C)C)c1ccccc1)(OC)OC. The van der Waals surface area contributed by atoms with Crippen LogP contribution in [-0.2, 0) is 22.5 Å². The molecule has 6 nitrogen and oxygen atoms in total. The number of anilines is 1. The van der Waals surface area contributed by atoms with Gasteiger partial charge in [-0.3, -0.25) is 4.79 Å². The summed E-state index contributed by atoms with van der Waals surface area (Å²) in [7, 11) is 0.401. The van der Waals surface area contributed by atoms with Crippen LogP contribution in [0.4, 0.5) is 5.69 Å². The Labute approximate surface area is 166 Å². The first kappa shape index (κ1) is 23.8. The molecule has 0 bridgehead atoms. The molecule has 1 rings (SSSR count). The number of carbonyl (C=O) groups is 1. The molecule has 0 aliphatic heterocycles. The molecule has 27 heavy (non-hydrogen) atoms. The third-order valence-electron chi connectivity index (χ3n) is 4.27. The Morgan fingerprint density at radius 3 is 2.07 bits per heavy atom. The number of carbonyl (C=O) groups excluding carboxylic acids is 1. The molecule has 0 saturated heterocycles. The topological polar surface area (TPSA) is 57.2 Å². The Hall–Kier alpha value is -1.20. The highest BCUT2D eigenvalue weighted by atomic mass is 28.4. The number of para-hydroxylation sites is 1. The third kappa shape index (κ3) is 8.14. The van der Waals surface area contributed by atoms with Crippen molar-refractivity contribution in [2.75, 3.05) is 39.3 Å². The summed E-state index contributed by atoms with van der Waals surface area (Å²) < 4.78 is 22.2. The summed E-state index contributed by atoms with van der Waals surface area (Å²) in [5, 5.41) is 0. The van der Waals surface area contributed by atoms with E-state index in [9.17, 15) is 4.79 Å². The first-order chi connectivity index (χ1) is 12.7. The standard InChI is InChI=1S/C19H35NO5Si2/c1-17(19(21)25-26(5,6)7)16-20(18-12-9-8-10-13-18)14-11-15-27(22-2,23-3)24-4/h8-10,12-13,17H,11,14-16H2,1-7H3. The van der Waals surface area contributed by atoms with Crippen molar-refractivity contribution in [1.82, 2.24) is 0 Å². The second kappa shape index (κ2) is 11.0. The summed E-state index contributed by atoms with van der Waals surface area (Å²) in [4.78, 5) is 14.6. The molecular formula is C19H35NO5Si2. The fourth-order valence-corrected chi connectivity index (χ4v) is 5.32. The zero-order valence-electron chi connectivity index (χ0n) is 17.8. The maximum absolute atomic E-state index is 12.4. The van der Waals surface area contributed by atoms with Crippen molar-refractivity contribution in [1.29, 1.82) is 0 Å². The average Bonchev–Trinajstić information content (AvgIpc) is 2.64. The molecule has 0 amide bonds. The summed E-state index contributed by atoms with van der Waals surface area (Å²) >= 11 is 0. The van der Waals surface area contributed by atoms with Gasteiger partial charge in [0.05, 0.1) is 5.92 Å².